The van der Waals surface area contributed by atoms with Crippen LogP contribution in [0.15, 0.2) is 36.4 Å². The maximum atomic E-state index is 12.7. The van der Waals surface area contributed by atoms with Gasteiger partial charge in [0.25, 0.3) is 0 Å². The van der Waals surface area contributed by atoms with E-state index in [2.05, 4.69) is 10.6 Å². The number of aryl methyl sites for hydroxylation is 2. The Balaban J connectivity index is 1.78. The lowest BCUT2D eigenvalue weighted by Gasteiger charge is -2.13. The van der Waals surface area contributed by atoms with Gasteiger partial charge in [-0.2, -0.15) is 0 Å². The maximum Gasteiger partial charge on any atom is 0.319 e. The SMILES string of the molecule is Cc1cc(C)c(NC(=O)NCCOc2ccc(F)cc2)c(Cl)c1. The third-order valence-corrected chi connectivity index (χ3v) is 3.44. The lowest BCUT2D eigenvalue weighted by Crippen LogP contribution is -2.32. The fourth-order valence-corrected chi connectivity index (χ4v) is 2.46. The highest BCUT2D eigenvalue weighted by atomic mass is 35.5. The van der Waals surface area contributed by atoms with Gasteiger partial charge in [0.2, 0.25) is 0 Å². The molecule has 0 spiro atoms. The average molecular weight is 337 g/mol. The zero-order valence-electron chi connectivity index (χ0n) is 13.0. The van der Waals surface area contributed by atoms with E-state index in [9.17, 15) is 9.18 Å². The zero-order chi connectivity index (χ0) is 16.8. The van der Waals surface area contributed by atoms with E-state index in [4.69, 9.17) is 16.3 Å². The summed E-state index contributed by atoms with van der Waals surface area (Å²) >= 11 is 6.14. The van der Waals surface area contributed by atoms with Gasteiger partial charge >= 0.3 is 6.03 Å². The van der Waals surface area contributed by atoms with Crippen LogP contribution in [0.1, 0.15) is 11.1 Å². The highest BCUT2D eigenvalue weighted by Gasteiger charge is 2.09. The van der Waals surface area contributed by atoms with Crippen LogP contribution in [0, 0.1) is 19.7 Å². The number of carbonyl (C=O) groups excluding carboxylic acids is 1. The van der Waals surface area contributed by atoms with E-state index < -0.39 is 0 Å². The highest BCUT2D eigenvalue weighted by Crippen LogP contribution is 2.27. The number of anilines is 1. The Morgan fingerprint density at radius 2 is 1.91 bits per heavy atom. The molecule has 0 atom stereocenters. The smallest absolute Gasteiger partial charge is 0.319 e. The van der Waals surface area contributed by atoms with Crippen molar-refractivity contribution in [2.24, 2.45) is 0 Å². The molecular weight excluding hydrogens is 319 g/mol. The topological polar surface area (TPSA) is 50.4 Å². The van der Waals surface area contributed by atoms with Gasteiger partial charge in [-0.05, 0) is 55.3 Å². The van der Waals surface area contributed by atoms with E-state index >= 15 is 0 Å². The molecule has 4 nitrogen and oxygen atoms in total. The van der Waals surface area contributed by atoms with Crippen LogP contribution in [-0.2, 0) is 0 Å². The number of ether oxygens (including phenoxy) is 1. The molecule has 0 saturated carbocycles. The number of hydrogen-bond acceptors (Lipinski definition) is 2. The van der Waals surface area contributed by atoms with Gasteiger partial charge in [-0.25, -0.2) is 9.18 Å². The van der Waals surface area contributed by atoms with E-state index in [-0.39, 0.29) is 18.5 Å². The fourth-order valence-electron chi connectivity index (χ4n) is 2.10. The fraction of sp³-hybridized carbons (Fsp3) is 0.235. The van der Waals surface area contributed by atoms with Crippen LogP contribution in [0.3, 0.4) is 0 Å². The molecule has 0 heterocycles. The Morgan fingerprint density at radius 3 is 2.57 bits per heavy atom. The summed E-state index contributed by atoms with van der Waals surface area (Å²) in [4.78, 5) is 11.9. The van der Waals surface area contributed by atoms with Crippen molar-refractivity contribution in [3.05, 3.63) is 58.4 Å². The predicted octanol–water partition coefficient (Wildman–Crippen LogP) is 4.30. The number of carbonyl (C=O) groups is 1. The molecule has 23 heavy (non-hydrogen) atoms. The Hall–Kier alpha value is -2.27. The largest absolute Gasteiger partial charge is 0.492 e. The molecule has 0 aromatic heterocycles. The van der Waals surface area contributed by atoms with Gasteiger partial charge < -0.3 is 15.4 Å². The number of urea groups is 1. The van der Waals surface area contributed by atoms with Crippen molar-refractivity contribution < 1.29 is 13.9 Å². The minimum atomic E-state index is -0.360. The first kappa shape index (κ1) is 17.1. The third kappa shape index (κ3) is 5.14. The van der Waals surface area contributed by atoms with Crippen LogP contribution in [0.4, 0.5) is 14.9 Å². The summed E-state index contributed by atoms with van der Waals surface area (Å²) in [6.07, 6.45) is 0. The molecule has 0 radical (unpaired) electrons. The summed E-state index contributed by atoms with van der Waals surface area (Å²) in [5.74, 6) is 0.228. The first-order valence-electron chi connectivity index (χ1n) is 7.15. The molecule has 0 aliphatic rings. The highest BCUT2D eigenvalue weighted by molar-refractivity contribution is 6.34. The van der Waals surface area contributed by atoms with Gasteiger partial charge in [0.15, 0.2) is 0 Å². The number of hydrogen-bond donors (Lipinski definition) is 2. The molecule has 122 valence electrons. The van der Waals surface area contributed by atoms with Crippen molar-refractivity contribution in [2.75, 3.05) is 18.5 Å². The molecule has 0 aliphatic heterocycles. The van der Waals surface area contributed by atoms with Gasteiger partial charge in [0.1, 0.15) is 18.2 Å². The van der Waals surface area contributed by atoms with E-state index in [1.54, 1.807) is 6.07 Å². The first-order valence-corrected chi connectivity index (χ1v) is 7.53. The number of amides is 2. The quantitative estimate of drug-likeness (QED) is 0.800. The summed E-state index contributed by atoms with van der Waals surface area (Å²) in [5, 5.41) is 5.90. The molecule has 2 N–H and O–H groups in total. The summed E-state index contributed by atoms with van der Waals surface area (Å²) in [6.45, 7) is 4.41. The molecule has 2 amide bonds. The number of benzene rings is 2. The normalized spacial score (nSPS) is 10.3. The molecule has 6 heteroatoms. The van der Waals surface area contributed by atoms with Crippen molar-refractivity contribution in [2.45, 2.75) is 13.8 Å². The van der Waals surface area contributed by atoms with E-state index in [0.717, 1.165) is 11.1 Å². The van der Waals surface area contributed by atoms with Crippen molar-refractivity contribution in [3.63, 3.8) is 0 Å². The van der Waals surface area contributed by atoms with E-state index in [1.807, 2.05) is 19.9 Å². The van der Waals surface area contributed by atoms with Crippen molar-refractivity contribution >= 4 is 23.3 Å². The van der Waals surface area contributed by atoms with E-state index in [0.29, 0.717) is 23.0 Å². The minimum absolute atomic E-state index is 0.277. The molecule has 2 rings (SSSR count). The average Bonchev–Trinajstić information content (AvgIpc) is 2.49. The van der Waals surface area contributed by atoms with Gasteiger partial charge in [-0.1, -0.05) is 17.7 Å². The summed E-state index contributed by atoms with van der Waals surface area (Å²) < 4.78 is 18.1. The molecule has 0 bridgehead atoms. The second-order valence-corrected chi connectivity index (χ2v) is 5.53. The number of halogens is 2. The van der Waals surface area contributed by atoms with Gasteiger partial charge in [-0.3, -0.25) is 0 Å². The molecule has 0 unspecified atom stereocenters. The summed E-state index contributed by atoms with van der Waals surface area (Å²) in [5.41, 5.74) is 2.52. The van der Waals surface area contributed by atoms with Gasteiger partial charge in [0, 0.05) is 0 Å². The molecule has 0 fully saturated rings. The lowest BCUT2D eigenvalue weighted by molar-refractivity contribution is 0.247. The van der Waals surface area contributed by atoms with Crippen LogP contribution in [0.2, 0.25) is 5.02 Å². The third-order valence-electron chi connectivity index (χ3n) is 3.14. The monoisotopic (exact) mass is 336 g/mol. The van der Waals surface area contributed by atoms with Gasteiger partial charge in [0.05, 0.1) is 17.3 Å². The lowest BCUT2D eigenvalue weighted by atomic mass is 10.1. The Labute approximate surface area is 139 Å². The van der Waals surface area contributed by atoms with Crippen LogP contribution < -0.4 is 15.4 Å². The van der Waals surface area contributed by atoms with Gasteiger partial charge in [-0.15, -0.1) is 0 Å². The van der Waals surface area contributed by atoms with Crippen LogP contribution >= 0.6 is 11.6 Å². The van der Waals surface area contributed by atoms with Crippen LogP contribution in [0.25, 0.3) is 0 Å². The van der Waals surface area contributed by atoms with Crippen molar-refractivity contribution in [1.29, 1.82) is 0 Å². The second kappa shape index (κ2) is 7.83. The molecule has 2 aromatic rings. The number of nitrogens with one attached hydrogen (secondary N) is 2. The molecule has 0 aliphatic carbocycles. The minimum Gasteiger partial charge on any atom is -0.492 e. The standard InChI is InChI=1S/C17H18ClFN2O2/c1-11-9-12(2)16(15(18)10-11)21-17(22)20-7-8-23-14-5-3-13(19)4-6-14/h3-6,9-10H,7-8H2,1-2H3,(H2,20,21,22). The second-order valence-electron chi connectivity index (χ2n) is 5.12. The molecular formula is C17H18ClFN2O2. The maximum absolute atomic E-state index is 12.7. The molecule has 2 aromatic carbocycles. The zero-order valence-corrected chi connectivity index (χ0v) is 13.7. The predicted molar refractivity (Wildman–Crippen MR) is 89.8 cm³/mol. The Kier molecular flexibility index (Phi) is 5.82. The Morgan fingerprint density at radius 1 is 1.22 bits per heavy atom. The van der Waals surface area contributed by atoms with Crippen molar-refractivity contribution in [3.8, 4) is 5.75 Å². The van der Waals surface area contributed by atoms with Crippen LogP contribution in [0.5, 0.6) is 5.75 Å². The first-order chi connectivity index (χ1) is 11.0. The summed E-state index contributed by atoms with van der Waals surface area (Å²) in [7, 11) is 0. The molecule has 0 saturated heterocycles. The van der Waals surface area contributed by atoms with Crippen LogP contribution in [-0.4, -0.2) is 19.2 Å². The van der Waals surface area contributed by atoms with Crippen molar-refractivity contribution in [1.82, 2.24) is 5.32 Å². The number of rotatable bonds is 5. The summed E-state index contributed by atoms with van der Waals surface area (Å²) in [6, 6.07) is 9.08. The van der Waals surface area contributed by atoms with E-state index in [1.165, 1.54) is 24.3 Å². The Bertz CT molecular complexity index is 666.